The third-order valence-corrected chi connectivity index (χ3v) is 2.69. The van der Waals surface area contributed by atoms with E-state index in [1.165, 1.54) is 6.92 Å². The van der Waals surface area contributed by atoms with Crippen LogP contribution in [0.1, 0.15) is 36.3 Å². The number of nitrogens with zero attached hydrogens (tertiary/aromatic N) is 1. The van der Waals surface area contributed by atoms with Gasteiger partial charge in [0.2, 0.25) is 5.91 Å². The van der Waals surface area contributed by atoms with Crippen LogP contribution in [0.4, 0.5) is 5.82 Å². The van der Waals surface area contributed by atoms with Gasteiger partial charge in [-0.2, -0.15) is 0 Å². The monoisotopic (exact) mass is 278 g/mol. The molecule has 1 aromatic heterocycles. The highest BCUT2D eigenvalue weighted by molar-refractivity contribution is 5.95. The van der Waals surface area contributed by atoms with E-state index in [4.69, 9.17) is 0 Å². The Morgan fingerprint density at radius 2 is 1.90 bits per heavy atom. The number of anilines is 1. The predicted molar refractivity (Wildman–Crippen MR) is 78.8 cm³/mol. The lowest BCUT2D eigenvalue weighted by atomic mass is 10.1. The first-order chi connectivity index (χ1) is 9.56. The summed E-state index contributed by atoms with van der Waals surface area (Å²) in [5.41, 5.74) is 1.47. The lowest BCUT2D eigenvalue weighted by Crippen LogP contribution is -2.33. The van der Waals surface area contributed by atoms with Crippen molar-refractivity contribution in [2.75, 3.05) is 25.5 Å². The number of amides is 2. The number of pyridine rings is 1. The Balaban J connectivity index is 2.66. The van der Waals surface area contributed by atoms with Crippen molar-refractivity contribution in [2.45, 2.75) is 26.7 Å². The summed E-state index contributed by atoms with van der Waals surface area (Å²) >= 11 is 0. The molecule has 0 atom stereocenters. The summed E-state index contributed by atoms with van der Waals surface area (Å²) in [5, 5.41) is 8.35. The first-order valence-electron chi connectivity index (χ1n) is 6.78. The number of rotatable bonds is 7. The van der Waals surface area contributed by atoms with E-state index in [0.29, 0.717) is 24.5 Å². The van der Waals surface area contributed by atoms with E-state index in [1.54, 1.807) is 19.2 Å². The quantitative estimate of drug-likeness (QED) is 0.648. The molecule has 0 bridgehead atoms. The molecule has 0 fully saturated rings. The minimum absolute atomic E-state index is 0.106. The van der Waals surface area contributed by atoms with Gasteiger partial charge < -0.3 is 16.0 Å². The molecule has 6 nitrogen and oxygen atoms in total. The zero-order valence-corrected chi connectivity index (χ0v) is 12.2. The van der Waals surface area contributed by atoms with Crippen LogP contribution in [0.2, 0.25) is 0 Å². The van der Waals surface area contributed by atoms with Gasteiger partial charge in [0.25, 0.3) is 5.91 Å². The van der Waals surface area contributed by atoms with Crippen LogP contribution in [0, 0.1) is 0 Å². The minimum Gasteiger partial charge on any atom is -0.373 e. The third kappa shape index (κ3) is 5.26. The van der Waals surface area contributed by atoms with Gasteiger partial charge in [-0.25, -0.2) is 4.98 Å². The van der Waals surface area contributed by atoms with Crippen molar-refractivity contribution in [3.05, 3.63) is 23.4 Å². The first kappa shape index (κ1) is 15.9. The largest absolute Gasteiger partial charge is 0.373 e. The predicted octanol–water partition coefficient (Wildman–Crippen LogP) is 0.942. The highest BCUT2D eigenvalue weighted by Gasteiger charge is 2.09. The van der Waals surface area contributed by atoms with E-state index in [-0.39, 0.29) is 11.8 Å². The van der Waals surface area contributed by atoms with Crippen molar-refractivity contribution in [1.82, 2.24) is 15.6 Å². The SMILES string of the molecule is CCCc1cc(C(=O)NCCNC(C)=O)cc(NC)n1. The molecular weight excluding hydrogens is 256 g/mol. The molecule has 0 spiro atoms. The van der Waals surface area contributed by atoms with Gasteiger partial charge in [-0.1, -0.05) is 13.3 Å². The van der Waals surface area contributed by atoms with E-state index in [1.807, 2.05) is 0 Å². The maximum absolute atomic E-state index is 12.0. The fourth-order valence-electron chi connectivity index (χ4n) is 1.75. The summed E-state index contributed by atoms with van der Waals surface area (Å²) in [4.78, 5) is 27.1. The Hall–Kier alpha value is -2.11. The Morgan fingerprint density at radius 3 is 2.50 bits per heavy atom. The van der Waals surface area contributed by atoms with Gasteiger partial charge in [0, 0.05) is 38.3 Å². The van der Waals surface area contributed by atoms with Gasteiger partial charge in [-0.15, -0.1) is 0 Å². The van der Waals surface area contributed by atoms with Gasteiger partial charge in [0.05, 0.1) is 0 Å². The van der Waals surface area contributed by atoms with Crippen LogP contribution in [-0.2, 0) is 11.2 Å². The standard InChI is InChI=1S/C14H22N4O2/c1-4-5-12-8-11(9-13(15-3)18-12)14(20)17-7-6-16-10(2)19/h8-9H,4-7H2,1-3H3,(H,15,18)(H,16,19)(H,17,20). The highest BCUT2D eigenvalue weighted by Crippen LogP contribution is 2.11. The Morgan fingerprint density at radius 1 is 1.20 bits per heavy atom. The molecule has 2 amide bonds. The molecule has 6 heteroatoms. The molecule has 1 rings (SSSR count). The topological polar surface area (TPSA) is 83.1 Å². The Bertz CT molecular complexity index is 474. The molecule has 0 aliphatic heterocycles. The summed E-state index contributed by atoms with van der Waals surface area (Å²) in [7, 11) is 1.77. The van der Waals surface area contributed by atoms with Gasteiger partial charge in [0.15, 0.2) is 0 Å². The second kappa shape index (κ2) is 8.14. The molecule has 0 aliphatic rings. The van der Waals surface area contributed by atoms with Crippen LogP contribution >= 0.6 is 0 Å². The molecule has 1 heterocycles. The van der Waals surface area contributed by atoms with E-state index < -0.39 is 0 Å². The molecule has 0 aliphatic carbocycles. The summed E-state index contributed by atoms with van der Waals surface area (Å²) in [6.07, 6.45) is 1.81. The average molecular weight is 278 g/mol. The van der Waals surface area contributed by atoms with Crippen LogP contribution in [-0.4, -0.2) is 36.9 Å². The molecule has 3 N–H and O–H groups in total. The van der Waals surface area contributed by atoms with Crippen molar-refractivity contribution in [2.24, 2.45) is 0 Å². The molecule has 0 saturated carbocycles. The molecule has 0 aromatic carbocycles. The Kier molecular flexibility index (Phi) is 6.49. The normalized spacial score (nSPS) is 9.95. The molecule has 0 radical (unpaired) electrons. The molecule has 0 unspecified atom stereocenters. The summed E-state index contributed by atoms with van der Waals surface area (Å²) in [5.74, 6) is 0.417. The smallest absolute Gasteiger partial charge is 0.251 e. The van der Waals surface area contributed by atoms with Crippen molar-refractivity contribution >= 4 is 17.6 Å². The van der Waals surface area contributed by atoms with Crippen molar-refractivity contribution < 1.29 is 9.59 Å². The van der Waals surface area contributed by atoms with Crippen molar-refractivity contribution in [3.8, 4) is 0 Å². The summed E-state index contributed by atoms with van der Waals surface area (Å²) < 4.78 is 0. The third-order valence-electron chi connectivity index (χ3n) is 2.69. The van der Waals surface area contributed by atoms with Gasteiger partial charge >= 0.3 is 0 Å². The highest BCUT2D eigenvalue weighted by atomic mass is 16.2. The summed E-state index contributed by atoms with van der Waals surface area (Å²) in [6.45, 7) is 4.34. The van der Waals surface area contributed by atoms with Crippen molar-refractivity contribution in [1.29, 1.82) is 0 Å². The molecule has 0 saturated heterocycles. The number of nitrogens with one attached hydrogen (secondary N) is 3. The molecular formula is C14H22N4O2. The van der Waals surface area contributed by atoms with Gasteiger partial charge in [-0.05, 0) is 18.6 Å². The van der Waals surface area contributed by atoms with E-state index >= 15 is 0 Å². The van der Waals surface area contributed by atoms with Crippen LogP contribution in [0.25, 0.3) is 0 Å². The minimum atomic E-state index is -0.161. The lowest BCUT2D eigenvalue weighted by Gasteiger charge is -2.09. The maximum Gasteiger partial charge on any atom is 0.251 e. The summed E-state index contributed by atoms with van der Waals surface area (Å²) in [6, 6.07) is 3.52. The van der Waals surface area contributed by atoms with E-state index in [2.05, 4.69) is 27.9 Å². The second-order valence-corrected chi connectivity index (χ2v) is 4.47. The van der Waals surface area contributed by atoms with Crippen LogP contribution in [0.3, 0.4) is 0 Å². The zero-order valence-electron chi connectivity index (χ0n) is 12.2. The second-order valence-electron chi connectivity index (χ2n) is 4.47. The number of hydrogen-bond acceptors (Lipinski definition) is 4. The number of aryl methyl sites for hydroxylation is 1. The van der Waals surface area contributed by atoms with Crippen LogP contribution < -0.4 is 16.0 Å². The average Bonchev–Trinajstić information content (AvgIpc) is 2.43. The number of carbonyl (C=O) groups is 2. The number of hydrogen-bond donors (Lipinski definition) is 3. The molecule has 1 aromatic rings. The van der Waals surface area contributed by atoms with Gasteiger partial charge in [0.1, 0.15) is 5.82 Å². The van der Waals surface area contributed by atoms with Gasteiger partial charge in [-0.3, -0.25) is 9.59 Å². The Labute approximate surface area is 119 Å². The van der Waals surface area contributed by atoms with Crippen molar-refractivity contribution in [3.63, 3.8) is 0 Å². The van der Waals surface area contributed by atoms with Crippen LogP contribution in [0.15, 0.2) is 12.1 Å². The van der Waals surface area contributed by atoms with E-state index in [0.717, 1.165) is 18.5 Å². The first-order valence-corrected chi connectivity index (χ1v) is 6.78. The molecule has 20 heavy (non-hydrogen) atoms. The lowest BCUT2D eigenvalue weighted by molar-refractivity contribution is -0.118. The molecule has 110 valence electrons. The zero-order chi connectivity index (χ0) is 15.0. The maximum atomic E-state index is 12.0. The fourth-order valence-corrected chi connectivity index (χ4v) is 1.75. The number of carbonyl (C=O) groups excluding carboxylic acids is 2. The van der Waals surface area contributed by atoms with Crippen LogP contribution in [0.5, 0.6) is 0 Å². The fraction of sp³-hybridized carbons (Fsp3) is 0.500. The van der Waals surface area contributed by atoms with E-state index in [9.17, 15) is 9.59 Å². The number of aromatic nitrogens is 1.